The van der Waals surface area contributed by atoms with Crippen LogP contribution in [0.3, 0.4) is 0 Å². The van der Waals surface area contributed by atoms with Crippen molar-refractivity contribution >= 4 is 15.9 Å². The first-order chi connectivity index (χ1) is 18.3. The number of rotatable bonds is 15. The van der Waals surface area contributed by atoms with Gasteiger partial charge in [-0.3, -0.25) is 4.79 Å². The molecule has 1 heterocycles. The third-order valence-electron chi connectivity index (χ3n) is 6.45. The molecule has 3 rings (SSSR count). The van der Waals surface area contributed by atoms with Gasteiger partial charge in [0.2, 0.25) is 0 Å². The molecule has 1 N–H and O–H groups in total. The van der Waals surface area contributed by atoms with E-state index in [9.17, 15) is 13.2 Å². The molecule has 1 aliphatic heterocycles. The number of nitrogens with one attached hydrogen (secondary N) is 1. The van der Waals surface area contributed by atoms with Crippen molar-refractivity contribution in [3.63, 3.8) is 0 Å². The summed E-state index contributed by atoms with van der Waals surface area (Å²) in [5, 5.41) is 0. The number of benzene rings is 2. The summed E-state index contributed by atoms with van der Waals surface area (Å²) in [7, 11) is 0.598. The Morgan fingerprint density at radius 1 is 0.632 bits per heavy atom. The SMILES string of the molecule is CCCCCCCCCCCCCCCC.CN(C)Cc1ccccc1.O=C1NS(=O)(=O)c2ccccc21. The number of hydrogen-bond acceptors (Lipinski definition) is 4. The van der Waals surface area contributed by atoms with Crippen LogP contribution in [0.1, 0.15) is 120 Å². The molecule has 0 saturated carbocycles. The summed E-state index contributed by atoms with van der Waals surface area (Å²) in [5.41, 5.74) is 1.59. The van der Waals surface area contributed by atoms with Gasteiger partial charge in [-0.1, -0.05) is 146 Å². The zero-order valence-electron chi connectivity index (χ0n) is 24.4. The number of hydrogen-bond donors (Lipinski definition) is 1. The summed E-state index contributed by atoms with van der Waals surface area (Å²) in [4.78, 5) is 13.2. The Bertz CT molecular complexity index is 961. The van der Waals surface area contributed by atoms with Crippen molar-refractivity contribution in [1.29, 1.82) is 0 Å². The molecule has 0 atom stereocenters. The van der Waals surface area contributed by atoms with E-state index in [0.29, 0.717) is 0 Å². The van der Waals surface area contributed by atoms with Gasteiger partial charge >= 0.3 is 0 Å². The van der Waals surface area contributed by atoms with E-state index in [2.05, 4.69) is 57.1 Å². The summed E-state index contributed by atoms with van der Waals surface area (Å²) in [6, 6.07) is 16.5. The monoisotopic (exact) mass is 544 g/mol. The lowest BCUT2D eigenvalue weighted by atomic mass is 10.0. The molecule has 0 saturated heterocycles. The summed E-state index contributed by atoms with van der Waals surface area (Å²) in [6.07, 6.45) is 20.4. The van der Waals surface area contributed by atoms with Gasteiger partial charge in [0.1, 0.15) is 4.90 Å². The largest absolute Gasteiger partial charge is 0.305 e. The van der Waals surface area contributed by atoms with E-state index in [-0.39, 0.29) is 10.5 Å². The topological polar surface area (TPSA) is 66.5 Å². The van der Waals surface area contributed by atoms with Crippen LogP contribution in [0.15, 0.2) is 59.5 Å². The number of nitrogens with zero attached hydrogens (tertiary/aromatic N) is 1. The van der Waals surface area contributed by atoms with Gasteiger partial charge in [0, 0.05) is 6.54 Å². The number of carbonyl (C=O) groups is 1. The Labute approximate surface area is 233 Å². The first-order valence-electron chi connectivity index (χ1n) is 14.7. The summed E-state index contributed by atoms with van der Waals surface area (Å²) < 4.78 is 24.2. The number of sulfonamides is 1. The summed E-state index contributed by atoms with van der Waals surface area (Å²) >= 11 is 0. The molecule has 6 heteroatoms. The van der Waals surface area contributed by atoms with Crippen molar-refractivity contribution in [2.24, 2.45) is 0 Å². The van der Waals surface area contributed by atoms with E-state index in [0.717, 1.165) is 6.54 Å². The predicted octanol–water partition coefficient (Wildman–Crippen LogP) is 8.35. The van der Waals surface area contributed by atoms with Gasteiger partial charge in [0.15, 0.2) is 0 Å². The van der Waals surface area contributed by atoms with Gasteiger partial charge in [-0.25, -0.2) is 13.1 Å². The molecule has 2 aromatic rings. The van der Waals surface area contributed by atoms with Crippen molar-refractivity contribution < 1.29 is 13.2 Å². The van der Waals surface area contributed by atoms with Crippen LogP contribution < -0.4 is 4.72 Å². The third kappa shape index (κ3) is 15.3. The predicted molar refractivity (Wildman–Crippen MR) is 161 cm³/mol. The second kappa shape index (κ2) is 20.7. The maximum atomic E-state index is 11.1. The molecule has 0 bridgehead atoms. The Morgan fingerprint density at radius 3 is 1.47 bits per heavy atom. The van der Waals surface area contributed by atoms with Crippen molar-refractivity contribution in [2.75, 3.05) is 14.1 Å². The van der Waals surface area contributed by atoms with Crippen LogP contribution in [-0.2, 0) is 16.6 Å². The number of amides is 1. The zero-order valence-corrected chi connectivity index (χ0v) is 25.2. The number of fused-ring (bicyclic) bond motifs is 1. The normalized spacial score (nSPS) is 13.1. The lowest BCUT2D eigenvalue weighted by molar-refractivity contribution is 0.0985. The number of carbonyl (C=O) groups excluding carboxylic acids is 1. The molecule has 1 amide bonds. The maximum Gasteiger partial charge on any atom is 0.266 e. The third-order valence-corrected chi connectivity index (χ3v) is 7.84. The molecule has 0 radical (unpaired) electrons. The quantitative estimate of drug-likeness (QED) is 0.229. The molecule has 214 valence electrons. The zero-order chi connectivity index (χ0) is 28.1. The minimum atomic E-state index is -3.55. The van der Waals surface area contributed by atoms with E-state index in [1.165, 1.54) is 108 Å². The molecule has 5 nitrogen and oxygen atoms in total. The van der Waals surface area contributed by atoms with Crippen molar-refractivity contribution in [2.45, 2.75) is 115 Å². The van der Waals surface area contributed by atoms with Crippen LogP contribution in [0.4, 0.5) is 0 Å². The average Bonchev–Trinajstić information content (AvgIpc) is 3.14. The first-order valence-corrected chi connectivity index (χ1v) is 16.1. The highest BCUT2D eigenvalue weighted by atomic mass is 32.2. The van der Waals surface area contributed by atoms with Crippen LogP contribution in [0.2, 0.25) is 0 Å². The van der Waals surface area contributed by atoms with Gasteiger partial charge in [-0.05, 0) is 31.8 Å². The van der Waals surface area contributed by atoms with Crippen molar-refractivity contribution in [3.05, 3.63) is 65.7 Å². The highest BCUT2D eigenvalue weighted by Crippen LogP contribution is 2.20. The van der Waals surface area contributed by atoms with Crippen LogP contribution in [0.25, 0.3) is 0 Å². The van der Waals surface area contributed by atoms with E-state index in [4.69, 9.17) is 0 Å². The lowest BCUT2D eigenvalue weighted by Crippen LogP contribution is -2.20. The number of unbranched alkanes of at least 4 members (excludes halogenated alkanes) is 13. The van der Waals surface area contributed by atoms with Gasteiger partial charge in [-0.15, -0.1) is 0 Å². The molecule has 0 aromatic heterocycles. The second-order valence-electron chi connectivity index (χ2n) is 10.4. The van der Waals surface area contributed by atoms with Crippen molar-refractivity contribution in [3.8, 4) is 0 Å². The van der Waals surface area contributed by atoms with E-state index in [1.54, 1.807) is 12.1 Å². The fourth-order valence-electron chi connectivity index (χ4n) is 4.34. The summed E-state index contributed by atoms with van der Waals surface area (Å²) in [5.74, 6) is -0.550. The van der Waals surface area contributed by atoms with Gasteiger partial charge in [0.05, 0.1) is 5.56 Å². The summed E-state index contributed by atoms with van der Waals surface area (Å²) in [6.45, 7) is 5.61. The molecule has 0 unspecified atom stereocenters. The van der Waals surface area contributed by atoms with E-state index in [1.807, 2.05) is 10.8 Å². The minimum absolute atomic E-state index is 0.0648. The Morgan fingerprint density at radius 2 is 1.05 bits per heavy atom. The molecule has 0 fully saturated rings. The fourth-order valence-corrected chi connectivity index (χ4v) is 5.51. The van der Waals surface area contributed by atoms with Crippen LogP contribution >= 0.6 is 0 Å². The second-order valence-corrected chi connectivity index (χ2v) is 12.0. The van der Waals surface area contributed by atoms with E-state index >= 15 is 0 Å². The van der Waals surface area contributed by atoms with Crippen LogP contribution in [-0.4, -0.2) is 33.3 Å². The molecule has 0 aliphatic carbocycles. The molecular weight excluding hydrogens is 492 g/mol. The highest BCUT2D eigenvalue weighted by Gasteiger charge is 2.31. The Kier molecular flexibility index (Phi) is 18.5. The molecule has 1 aliphatic rings. The van der Waals surface area contributed by atoms with Crippen LogP contribution in [0, 0.1) is 0 Å². The fraction of sp³-hybridized carbons (Fsp3) is 0.594. The smallest absolute Gasteiger partial charge is 0.266 e. The molecule has 38 heavy (non-hydrogen) atoms. The average molecular weight is 545 g/mol. The highest BCUT2D eigenvalue weighted by molar-refractivity contribution is 7.90. The van der Waals surface area contributed by atoms with Gasteiger partial charge in [-0.2, -0.15) is 0 Å². The first kappa shape index (κ1) is 33.8. The van der Waals surface area contributed by atoms with Crippen LogP contribution in [0.5, 0.6) is 0 Å². The molecular formula is C32H52N2O3S. The van der Waals surface area contributed by atoms with E-state index < -0.39 is 15.9 Å². The molecule has 2 aromatic carbocycles. The maximum absolute atomic E-state index is 11.1. The Hall–Kier alpha value is -2.18. The molecule has 0 spiro atoms. The Balaban J connectivity index is 0.000000292. The van der Waals surface area contributed by atoms with Gasteiger partial charge < -0.3 is 4.90 Å². The van der Waals surface area contributed by atoms with Crippen molar-refractivity contribution in [1.82, 2.24) is 9.62 Å². The van der Waals surface area contributed by atoms with Gasteiger partial charge in [0.25, 0.3) is 15.9 Å². The minimum Gasteiger partial charge on any atom is -0.305 e. The standard InChI is InChI=1S/C16H34.C9H13N.C7H5NO3S/c1-3-5-7-9-11-13-15-16-14-12-10-8-6-4-2;1-10(2)8-9-6-4-3-5-7-9;9-7-5-3-1-2-4-6(5)12(10,11)8-7/h3-16H2,1-2H3;3-7H,8H2,1-2H3;1-4H,(H,8,9). The lowest BCUT2D eigenvalue weighted by Gasteiger charge is -2.08.